The van der Waals surface area contributed by atoms with Gasteiger partial charge in [0.05, 0.1) is 16.1 Å². The Morgan fingerprint density at radius 1 is 1.21 bits per heavy atom. The fourth-order valence-corrected chi connectivity index (χ4v) is 3.72. The Balaban J connectivity index is 1.90. The number of hydrogen-bond acceptors (Lipinski definition) is 3. The van der Waals surface area contributed by atoms with E-state index in [1.165, 1.54) is 13.1 Å². The van der Waals surface area contributed by atoms with Crippen LogP contribution in [0.5, 0.6) is 0 Å². The zero-order valence-corrected chi connectivity index (χ0v) is 12.6. The van der Waals surface area contributed by atoms with Crippen LogP contribution >= 0.6 is 23.2 Å². The van der Waals surface area contributed by atoms with Crippen LogP contribution in [0.3, 0.4) is 0 Å². The monoisotopic (exact) mass is 299 g/mol. The molecule has 1 aromatic rings. The van der Waals surface area contributed by atoms with Crippen LogP contribution in [0.4, 0.5) is 0 Å². The van der Waals surface area contributed by atoms with Gasteiger partial charge in [0.1, 0.15) is 0 Å². The predicted octanol–water partition coefficient (Wildman–Crippen LogP) is 2.25. The van der Waals surface area contributed by atoms with E-state index >= 15 is 0 Å². The molecular formula is C14H19Cl2N3. The zero-order valence-electron chi connectivity index (χ0n) is 11.1. The predicted molar refractivity (Wildman–Crippen MR) is 80.1 cm³/mol. The molecule has 3 aliphatic rings. The molecule has 3 fully saturated rings. The molecular weight excluding hydrogens is 281 g/mol. The van der Waals surface area contributed by atoms with Crippen LogP contribution in [-0.2, 0) is 0 Å². The standard InChI is InChI=1S/C14H19Cl2N3/c1-17-14(10-3-2-4-11(15)13(10)16)12-9-18-5-7-19(12)8-6-18/h2-4,12,14,17H,5-9H2,1H3. The smallest absolute Gasteiger partial charge is 0.0640 e. The number of halogens is 2. The fourth-order valence-electron chi connectivity index (χ4n) is 3.29. The zero-order chi connectivity index (χ0) is 13.4. The SMILES string of the molecule is CNC(c1cccc(Cl)c1Cl)C1CN2CCN1CC2. The molecule has 2 bridgehead atoms. The van der Waals surface area contributed by atoms with Gasteiger partial charge in [0, 0.05) is 38.8 Å². The number of rotatable bonds is 3. The minimum absolute atomic E-state index is 0.231. The minimum Gasteiger partial charge on any atom is -0.312 e. The van der Waals surface area contributed by atoms with Crippen LogP contribution in [-0.4, -0.2) is 55.6 Å². The van der Waals surface area contributed by atoms with E-state index in [1.807, 2.05) is 19.2 Å². The third-order valence-electron chi connectivity index (χ3n) is 4.33. The van der Waals surface area contributed by atoms with Crippen molar-refractivity contribution < 1.29 is 0 Å². The Bertz CT molecular complexity index is 458. The molecule has 104 valence electrons. The molecule has 3 saturated heterocycles. The van der Waals surface area contributed by atoms with Gasteiger partial charge < -0.3 is 5.32 Å². The Labute approximate surface area is 124 Å². The minimum atomic E-state index is 0.231. The first-order valence-corrected chi connectivity index (χ1v) is 7.54. The third-order valence-corrected chi connectivity index (χ3v) is 5.17. The number of nitrogens with zero attached hydrogens (tertiary/aromatic N) is 2. The molecule has 19 heavy (non-hydrogen) atoms. The van der Waals surface area contributed by atoms with Gasteiger partial charge in [-0.15, -0.1) is 0 Å². The summed E-state index contributed by atoms with van der Waals surface area (Å²) in [5.41, 5.74) is 1.11. The Morgan fingerprint density at radius 2 is 1.95 bits per heavy atom. The van der Waals surface area contributed by atoms with Gasteiger partial charge in [-0.25, -0.2) is 0 Å². The molecule has 0 radical (unpaired) electrons. The molecule has 2 unspecified atom stereocenters. The summed E-state index contributed by atoms with van der Waals surface area (Å²) in [6.45, 7) is 5.79. The molecule has 5 heteroatoms. The summed E-state index contributed by atoms with van der Waals surface area (Å²) in [7, 11) is 2.00. The first-order chi connectivity index (χ1) is 9.20. The van der Waals surface area contributed by atoms with Gasteiger partial charge in [0.25, 0.3) is 0 Å². The first kappa shape index (κ1) is 13.7. The molecule has 0 amide bonds. The lowest BCUT2D eigenvalue weighted by Gasteiger charge is -2.50. The lowest BCUT2D eigenvalue weighted by Crippen LogP contribution is -2.63. The summed E-state index contributed by atoms with van der Waals surface area (Å²) in [5.74, 6) is 0. The molecule has 1 aromatic carbocycles. The highest BCUT2D eigenvalue weighted by atomic mass is 35.5. The van der Waals surface area contributed by atoms with Crippen molar-refractivity contribution in [1.29, 1.82) is 0 Å². The van der Waals surface area contributed by atoms with Crippen LogP contribution in [0.1, 0.15) is 11.6 Å². The van der Waals surface area contributed by atoms with E-state index in [0.717, 1.165) is 25.2 Å². The first-order valence-electron chi connectivity index (χ1n) is 6.78. The van der Waals surface area contributed by atoms with Gasteiger partial charge in [-0.1, -0.05) is 35.3 Å². The maximum absolute atomic E-state index is 6.38. The number of likely N-dealkylation sites (N-methyl/N-ethyl adjacent to an activating group) is 1. The van der Waals surface area contributed by atoms with Crippen molar-refractivity contribution in [2.24, 2.45) is 0 Å². The Hall–Kier alpha value is -0.320. The third kappa shape index (κ3) is 2.50. The summed E-state index contributed by atoms with van der Waals surface area (Å²) < 4.78 is 0. The molecule has 0 saturated carbocycles. The summed E-state index contributed by atoms with van der Waals surface area (Å²) in [6.07, 6.45) is 0. The second kappa shape index (κ2) is 5.58. The van der Waals surface area contributed by atoms with Crippen molar-refractivity contribution in [3.8, 4) is 0 Å². The summed E-state index contributed by atoms with van der Waals surface area (Å²) in [5, 5.41) is 4.75. The highest BCUT2D eigenvalue weighted by Crippen LogP contribution is 2.34. The molecule has 2 atom stereocenters. The lowest BCUT2D eigenvalue weighted by molar-refractivity contribution is -0.00252. The van der Waals surface area contributed by atoms with E-state index in [2.05, 4.69) is 21.2 Å². The molecule has 3 heterocycles. The van der Waals surface area contributed by atoms with Crippen molar-refractivity contribution in [2.75, 3.05) is 39.8 Å². The van der Waals surface area contributed by atoms with Crippen LogP contribution in [0, 0.1) is 0 Å². The Kier molecular flexibility index (Phi) is 4.01. The highest BCUT2D eigenvalue weighted by molar-refractivity contribution is 6.42. The second-order valence-corrected chi connectivity index (χ2v) is 6.10. The van der Waals surface area contributed by atoms with Gasteiger partial charge >= 0.3 is 0 Å². The van der Waals surface area contributed by atoms with Gasteiger partial charge in [-0.2, -0.15) is 0 Å². The van der Waals surface area contributed by atoms with Crippen molar-refractivity contribution >= 4 is 23.2 Å². The van der Waals surface area contributed by atoms with E-state index in [-0.39, 0.29) is 6.04 Å². The van der Waals surface area contributed by atoms with Crippen molar-refractivity contribution in [3.05, 3.63) is 33.8 Å². The van der Waals surface area contributed by atoms with Crippen LogP contribution < -0.4 is 5.32 Å². The average Bonchev–Trinajstić information content (AvgIpc) is 2.46. The van der Waals surface area contributed by atoms with E-state index in [0.29, 0.717) is 16.1 Å². The van der Waals surface area contributed by atoms with Crippen molar-refractivity contribution in [3.63, 3.8) is 0 Å². The van der Waals surface area contributed by atoms with Crippen LogP contribution in [0.15, 0.2) is 18.2 Å². The van der Waals surface area contributed by atoms with Crippen LogP contribution in [0.25, 0.3) is 0 Å². The van der Waals surface area contributed by atoms with Gasteiger partial charge in [-0.05, 0) is 18.7 Å². The largest absolute Gasteiger partial charge is 0.312 e. The maximum atomic E-state index is 6.38. The summed E-state index contributed by atoms with van der Waals surface area (Å²) >= 11 is 12.5. The highest BCUT2D eigenvalue weighted by Gasteiger charge is 2.37. The number of fused-ring (bicyclic) bond motifs is 3. The summed E-state index contributed by atoms with van der Waals surface area (Å²) in [6, 6.07) is 6.60. The van der Waals surface area contributed by atoms with E-state index < -0.39 is 0 Å². The van der Waals surface area contributed by atoms with Crippen molar-refractivity contribution in [1.82, 2.24) is 15.1 Å². The number of nitrogens with one attached hydrogen (secondary N) is 1. The lowest BCUT2D eigenvalue weighted by atomic mass is 9.94. The fraction of sp³-hybridized carbons (Fsp3) is 0.571. The van der Waals surface area contributed by atoms with Crippen molar-refractivity contribution in [2.45, 2.75) is 12.1 Å². The second-order valence-electron chi connectivity index (χ2n) is 5.31. The average molecular weight is 300 g/mol. The maximum Gasteiger partial charge on any atom is 0.0640 e. The van der Waals surface area contributed by atoms with E-state index in [1.54, 1.807) is 0 Å². The topological polar surface area (TPSA) is 18.5 Å². The van der Waals surface area contributed by atoms with Gasteiger partial charge in [0.2, 0.25) is 0 Å². The molecule has 0 spiro atoms. The van der Waals surface area contributed by atoms with E-state index in [4.69, 9.17) is 23.2 Å². The molecule has 4 rings (SSSR count). The molecule has 3 nitrogen and oxygen atoms in total. The van der Waals surface area contributed by atoms with Gasteiger partial charge in [-0.3, -0.25) is 9.80 Å². The number of piperazine rings is 3. The molecule has 3 aliphatic heterocycles. The quantitative estimate of drug-likeness (QED) is 0.924. The normalized spacial score (nSPS) is 31.4. The summed E-state index contributed by atoms with van der Waals surface area (Å²) in [4.78, 5) is 5.10. The van der Waals surface area contributed by atoms with Crippen LogP contribution in [0.2, 0.25) is 10.0 Å². The number of hydrogen-bond donors (Lipinski definition) is 1. The number of benzene rings is 1. The molecule has 0 aliphatic carbocycles. The van der Waals surface area contributed by atoms with E-state index in [9.17, 15) is 0 Å². The molecule has 1 N–H and O–H groups in total. The van der Waals surface area contributed by atoms with Gasteiger partial charge in [0.15, 0.2) is 0 Å². The molecule has 0 aromatic heterocycles. The Morgan fingerprint density at radius 3 is 2.53 bits per heavy atom.